The van der Waals surface area contributed by atoms with Crippen LogP contribution in [-0.4, -0.2) is 19.0 Å². The number of benzene rings is 1. The average molecular weight is 424 g/mol. The molecule has 0 radical (unpaired) electrons. The molecule has 1 N–H and O–H groups in total. The van der Waals surface area contributed by atoms with Crippen LogP contribution in [0.5, 0.6) is 0 Å². The Bertz CT molecular complexity index is 766. The fourth-order valence-corrected chi connectivity index (χ4v) is 4.01. The maximum atomic E-state index is 12.5. The van der Waals surface area contributed by atoms with Crippen molar-refractivity contribution in [3.63, 3.8) is 0 Å². The Labute approximate surface area is 160 Å². The zero-order chi connectivity index (χ0) is 18.6. The highest BCUT2D eigenvalue weighted by Gasteiger charge is 2.26. The Morgan fingerprint density at radius 2 is 1.88 bits per heavy atom. The molecule has 0 aliphatic carbocycles. The largest absolute Gasteiger partial charge is 0.465 e. The summed E-state index contributed by atoms with van der Waals surface area (Å²) in [5, 5.41) is 3.47. The quantitative estimate of drug-likeness (QED) is 0.622. The van der Waals surface area contributed by atoms with E-state index in [1.165, 1.54) is 18.4 Å². The standard InChI is InChI=1S/C19H22BrNO3S/c1-5-14-16(12-6-8-13(20)9-7-12)17(19(23)24-4)18(25-14)21-15(22)10-11(2)3/h6-9,11H,5,10H2,1-4H3,(H,21,22). The number of rotatable bonds is 6. The SMILES string of the molecule is CCc1sc(NC(=O)CC(C)C)c(C(=O)OC)c1-c1ccc(Br)cc1. The molecule has 2 aromatic rings. The van der Waals surface area contributed by atoms with Crippen molar-refractivity contribution in [3.8, 4) is 11.1 Å². The van der Waals surface area contributed by atoms with Gasteiger partial charge < -0.3 is 10.1 Å². The van der Waals surface area contributed by atoms with Crippen LogP contribution in [0.15, 0.2) is 28.7 Å². The molecule has 25 heavy (non-hydrogen) atoms. The monoisotopic (exact) mass is 423 g/mol. The first-order valence-electron chi connectivity index (χ1n) is 8.17. The fourth-order valence-electron chi connectivity index (χ4n) is 2.58. The predicted molar refractivity (Wildman–Crippen MR) is 106 cm³/mol. The Hall–Kier alpha value is -1.66. The van der Waals surface area contributed by atoms with Crippen LogP contribution in [-0.2, 0) is 16.0 Å². The van der Waals surface area contributed by atoms with Gasteiger partial charge in [-0.15, -0.1) is 11.3 Å². The van der Waals surface area contributed by atoms with Gasteiger partial charge in [-0.3, -0.25) is 4.79 Å². The Morgan fingerprint density at radius 3 is 2.40 bits per heavy atom. The van der Waals surface area contributed by atoms with E-state index in [-0.39, 0.29) is 11.8 Å². The van der Waals surface area contributed by atoms with Gasteiger partial charge in [-0.1, -0.05) is 48.8 Å². The van der Waals surface area contributed by atoms with Gasteiger partial charge in [0.2, 0.25) is 5.91 Å². The van der Waals surface area contributed by atoms with Gasteiger partial charge in [0.15, 0.2) is 0 Å². The topological polar surface area (TPSA) is 55.4 Å². The van der Waals surface area contributed by atoms with Crippen LogP contribution in [0.25, 0.3) is 11.1 Å². The van der Waals surface area contributed by atoms with Gasteiger partial charge in [0.05, 0.1) is 7.11 Å². The van der Waals surface area contributed by atoms with Crippen molar-refractivity contribution in [1.29, 1.82) is 0 Å². The number of thiophene rings is 1. The summed E-state index contributed by atoms with van der Waals surface area (Å²) in [6, 6.07) is 7.78. The lowest BCUT2D eigenvalue weighted by Gasteiger charge is -2.09. The minimum Gasteiger partial charge on any atom is -0.465 e. The second-order valence-corrected chi connectivity index (χ2v) is 8.12. The molecule has 1 aromatic carbocycles. The first-order chi connectivity index (χ1) is 11.9. The smallest absolute Gasteiger partial charge is 0.341 e. The van der Waals surface area contributed by atoms with Crippen molar-refractivity contribution in [2.45, 2.75) is 33.6 Å². The van der Waals surface area contributed by atoms with E-state index in [0.29, 0.717) is 17.0 Å². The summed E-state index contributed by atoms with van der Waals surface area (Å²) in [6.07, 6.45) is 1.17. The molecule has 0 saturated heterocycles. The highest BCUT2D eigenvalue weighted by Crippen LogP contribution is 2.41. The average Bonchev–Trinajstić information content (AvgIpc) is 2.92. The van der Waals surface area contributed by atoms with Crippen molar-refractivity contribution in [2.75, 3.05) is 12.4 Å². The molecule has 0 spiro atoms. The lowest BCUT2D eigenvalue weighted by molar-refractivity contribution is -0.116. The third kappa shape index (κ3) is 4.70. The van der Waals surface area contributed by atoms with Gasteiger partial charge in [-0.25, -0.2) is 4.79 Å². The number of aryl methyl sites for hydroxylation is 1. The molecule has 0 aliphatic heterocycles. The second-order valence-electron chi connectivity index (χ2n) is 6.10. The second kappa shape index (κ2) is 8.63. The van der Waals surface area contributed by atoms with Gasteiger partial charge in [0.1, 0.15) is 10.6 Å². The molecule has 134 valence electrons. The number of anilines is 1. The van der Waals surface area contributed by atoms with E-state index in [1.807, 2.05) is 45.0 Å². The van der Waals surface area contributed by atoms with Gasteiger partial charge >= 0.3 is 5.97 Å². The van der Waals surface area contributed by atoms with Crippen LogP contribution < -0.4 is 5.32 Å². The number of amides is 1. The minimum atomic E-state index is -0.436. The molecule has 0 saturated carbocycles. The molecule has 0 aliphatic rings. The molecule has 0 unspecified atom stereocenters. The summed E-state index contributed by atoms with van der Waals surface area (Å²) in [6.45, 7) is 6.01. The van der Waals surface area contributed by atoms with Crippen LogP contribution in [0.4, 0.5) is 5.00 Å². The Kier molecular flexibility index (Phi) is 6.79. The lowest BCUT2D eigenvalue weighted by atomic mass is 10.00. The molecule has 1 aromatic heterocycles. The van der Waals surface area contributed by atoms with Crippen LogP contribution >= 0.6 is 27.3 Å². The maximum Gasteiger partial charge on any atom is 0.341 e. The summed E-state index contributed by atoms with van der Waals surface area (Å²) in [4.78, 5) is 25.7. The molecule has 0 fully saturated rings. The third-order valence-corrected chi connectivity index (χ3v) is 5.45. The van der Waals surface area contributed by atoms with Crippen molar-refractivity contribution in [1.82, 2.24) is 0 Å². The van der Waals surface area contributed by atoms with E-state index in [2.05, 4.69) is 21.2 Å². The zero-order valence-corrected chi connectivity index (χ0v) is 17.2. The van der Waals surface area contributed by atoms with Crippen LogP contribution in [0.2, 0.25) is 0 Å². The Balaban J connectivity index is 2.55. The third-order valence-electron chi connectivity index (χ3n) is 3.67. The number of carbonyl (C=O) groups excluding carboxylic acids is 2. The van der Waals surface area contributed by atoms with Gasteiger partial charge in [0.25, 0.3) is 0 Å². The molecule has 1 heterocycles. The van der Waals surface area contributed by atoms with Crippen molar-refractivity contribution in [2.24, 2.45) is 5.92 Å². The van der Waals surface area contributed by atoms with E-state index in [4.69, 9.17) is 4.74 Å². The predicted octanol–water partition coefficient (Wildman–Crippen LogP) is 5.51. The maximum absolute atomic E-state index is 12.5. The van der Waals surface area contributed by atoms with E-state index in [1.54, 1.807) is 0 Å². The normalized spacial score (nSPS) is 10.8. The zero-order valence-electron chi connectivity index (χ0n) is 14.8. The molecule has 6 heteroatoms. The number of halogens is 1. The number of methoxy groups -OCH3 is 1. The lowest BCUT2D eigenvalue weighted by Crippen LogP contribution is -2.15. The molecule has 1 amide bonds. The number of carbonyl (C=O) groups is 2. The van der Waals surface area contributed by atoms with E-state index < -0.39 is 5.97 Å². The molecule has 4 nitrogen and oxygen atoms in total. The molecular weight excluding hydrogens is 402 g/mol. The number of hydrogen-bond donors (Lipinski definition) is 1. The summed E-state index contributed by atoms with van der Waals surface area (Å²) in [5.74, 6) is -0.279. The highest BCUT2D eigenvalue weighted by molar-refractivity contribution is 9.10. The summed E-state index contributed by atoms with van der Waals surface area (Å²) >= 11 is 4.87. The van der Waals surface area contributed by atoms with Crippen LogP contribution in [0, 0.1) is 5.92 Å². The number of hydrogen-bond acceptors (Lipinski definition) is 4. The van der Waals surface area contributed by atoms with Crippen molar-refractivity contribution < 1.29 is 14.3 Å². The van der Waals surface area contributed by atoms with Crippen molar-refractivity contribution in [3.05, 3.63) is 39.2 Å². The highest BCUT2D eigenvalue weighted by atomic mass is 79.9. The van der Waals surface area contributed by atoms with E-state index >= 15 is 0 Å². The van der Waals surface area contributed by atoms with Crippen LogP contribution in [0.3, 0.4) is 0 Å². The first kappa shape index (κ1) is 19.7. The number of ether oxygens (including phenoxy) is 1. The number of esters is 1. The summed E-state index contributed by atoms with van der Waals surface area (Å²) < 4.78 is 5.96. The van der Waals surface area contributed by atoms with E-state index in [9.17, 15) is 9.59 Å². The van der Waals surface area contributed by atoms with Gasteiger partial charge in [-0.05, 0) is 30.0 Å². The molecular formula is C19H22BrNO3S. The summed E-state index contributed by atoms with van der Waals surface area (Å²) in [5.41, 5.74) is 2.21. The first-order valence-corrected chi connectivity index (χ1v) is 9.78. The van der Waals surface area contributed by atoms with Gasteiger partial charge in [-0.2, -0.15) is 0 Å². The van der Waals surface area contributed by atoms with Gasteiger partial charge in [0, 0.05) is 21.3 Å². The summed E-state index contributed by atoms with van der Waals surface area (Å²) in [7, 11) is 1.36. The molecule has 0 atom stereocenters. The van der Waals surface area contributed by atoms with E-state index in [0.717, 1.165) is 26.9 Å². The van der Waals surface area contributed by atoms with Crippen molar-refractivity contribution >= 4 is 44.1 Å². The minimum absolute atomic E-state index is 0.0913. The Morgan fingerprint density at radius 1 is 1.24 bits per heavy atom. The number of nitrogens with one attached hydrogen (secondary N) is 1. The molecule has 0 bridgehead atoms. The van der Waals surface area contributed by atoms with Crippen LogP contribution in [0.1, 0.15) is 42.4 Å². The molecule has 2 rings (SSSR count). The fraction of sp³-hybridized carbons (Fsp3) is 0.368.